The van der Waals surface area contributed by atoms with Crippen molar-refractivity contribution >= 4 is 5.91 Å². The Balaban J connectivity index is 2.08. The standard InChI is InChI=1S/C14H20N2O/c1-16(2)11-13(17)15-14(9-6-10-14)12-7-4-3-5-8-12/h3-5,7-8H,6,9-11H2,1-2H3,(H,15,17). The van der Waals surface area contributed by atoms with Crippen LogP contribution in [0.3, 0.4) is 0 Å². The molecule has 92 valence electrons. The van der Waals surface area contributed by atoms with Gasteiger partial charge in [0.15, 0.2) is 0 Å². The van der Waals surface area contributed by atoms with E-state index in [9.17, 15) is 4.79 Å². The van der Waals surface area contributed by atoms with E-state index in [4.69, 9.17) is 0 Å². The average Bonchev–Trinajstić information content (AvgIpc) is 2.24. The Hall–Kier alpha value is -1.35. The Morgan fingerprint density at radius 1 is 1.29 bits per heavy atom. The Morgan fingerprint density at radius 2 is 1.94 bits per heavy atom. The molecule has 2 rings (SSSR count). The molecule has 0 aromatic heterocycles. The normalized spacial score (nSPS) is 17.6. The van der Waals surface area contributed by atoms with Gasteiger partial charge < -0.3 is 10.2 Å². The van der Waals surface area contributed by atoms with Crippen LogP contribution < -0.4 is 5.32 Å². The van der Waals surface area contributed by atoms with Crippen molar-refractivity contribution in [3.05, 3.63) is 35.9 Å². The summed E-state index contributed by atoms with van der Waals surface area (Å²) < 4.78 is 0. The van der Waals surface area contributed by atoms with Crippen LogP contribution >= 0.6 is 0 Å². The molecule has 1 aromatic rings. The minimum Gasteiger partial charge on any atom is -0.345 e. The number of carbonyl (C=O) groups excluding carboxylic acids is 1. The maximum absolute atomic E-state index is 11.9. The number of likely N-dealkylation sites (N-methyl/N-ethyl adjacent to an activating group) is 1. The van der Waals surface area contributed by atoms with Crippen LogP contribution in [0, 0.1) is 0 Å². The van der Waals surface area contributed by atoms with Gasteiger partial charge in [0.2, 0.25) is 5.91 Å². The third-order valence-corrected chi connectivity index (χ3v) is 3.37. The molecule has 1 saturated carbocycles. The second-order valence-electron chi connectivity index (χ2n) is 5.09. The van der Waals surface area contributed by atoms with Crippen molar-refractivity contribution < 1.29 is 4.79 Å². The lowest BCUT2D eigenvalue weighted by Crippen LogP contribution is -2.52. The second-order valence-corrected chi connectivity index (χ2v) is 5.09. The van der Waals surface area contributed by atoms with Crippen LogP contribution in [0.25, 0.3) is 0 Å². The number of amides is 1. The number of hydrogen-bond acceptors (Lipinski definition) is 2. The first kappa shape index (κ1) is 12.1. The summed E-state index contributed by atoms with van der Waals surface area (Å²) in [5, 5.41) is 3.20. The molecular formula is C14H20N2O. The lowest BCUT2D eigenvalue weighted by molar-refractivity contribution is -0.125. The first-order valence-corrected chi connectivity index (χ1v) is 6.14. The zero-order valence-corrected chi connectivity index (χ0v) is 10.6. The minimum atomic E-state index is -0.103. The summed E-state index contributed by atoms with van der Waals surface area (Å²) in [6, 6.07) is 10.3. The van der Waals surface area contributed by atoms with Gasteiger partial charge in [0.25, 0.3) is 0 Å². The highest BCUT2D eigenvalue weighted by molar-refractivity contribution is 5.79. The summed E-state index contributed by atoms with van der Waals surface area (Å²) >= 11 is 0. The summed E-state index contributed by atoms with van der Waals surface area (Å²) in [4.78, 5) is 13.8. The van der Waals surface area contributed by atoms with Crippen LogP contribution in [0.1, 0.15) is 24.8 Å². The fourth-order valence-electron chi connectivity index (χ4n) is 2.37. The van der Waals surface area contributed by atoms with E-state index in [0.29, 0.717) is 6.54 Å². The molecule has 1 N–H and O–H groups in total. The third-order valence-electron chi connectivity index (χ3n) is 3.37. The average molecular weight is 232 g/mol. The molecule has 1 aliphatic carbocycles. The largest absolute Gasteiger partial charge is 0.345 e. The van der Waals surface area contributed by atoms with E-state index in [1.807, 2.05) is 37.2 Å². The zero-order chi connectivity index (χ0) is 12.3. The number of nitrogens with one attached hydrogen (secondary N) is 1. The van der Waals surface area contributed by atoms with E-state index in [2.05, 4.69) is 17.4 Å². The van der Waals surface area contributed by atoms with Gasteiger partial charge in [-0.1, -0.05) is 30.3 Å². The number of rotatable bonds is 4. The van der Waals surface area contributed by atoms with Crippen molar-refractivity contribution in [2.45, 2.75) is 24.8 Å². The Kier molecular flexibility index (Phi) is 3.48. The number of nitrogens with zero attached hydrogens (tertiary/aromatic N) is 1. The molecule has 0 atom stereocenters. The van der Waals surface area contributed by atoms with Crippen molar-refractivity contribution in [3.63, 3.8) is 0 Å². The van der Waals surface area contributed by atoms with Crippen molar-refractivity contribution in [3.8, 4) is 0 Å². The highest BCUT2D eigenvalue weighted by atomic mass is 16.2. The van der Waals surface area contributed by atoms with Crippen LogP contribution in [0.2, 0.25) is 0 Å². The molecule has 0 saturated heterocycles. The van der Waals surface area contributed by atoms with Crippen molar-refractivity contribution in [1.29, 1.82) is 0 Å². The Morgan fingerprint density at radius 3 is 2.41 bits per heavy atom. The van der Waals surface area contributed by atoms with Gasteiger partial charge in [-0.05, 0) is 38.9 Å². The molecule has 0 unspecified atom stereocenters. The van der Waals surface area contributed by atoms with Crippen molar-refractivity contribution in [2.75, 3.05) is 20.6 Å². The Labute approximate surface area is 103 Å². The first-order valence-electron chi connectivity index (χ1n) is 6.14. The highest BCUT2D eigenvalue weighted by Crippen LogP contribution is 2.40. The van der Waals surface area contributed by atoms with E-state index in [-0.39, 0.29) is 11.4 Å². The van der Waals surface area contributed by atoms with Gasteiger partial charge in [0.1, 0.15) is 0 Å². The smallest absolute Gasteiger partial charge is 0.234 e. The van der Waals surface area contributed by atoms with Gasteiger partial charge in [-0.2, -0.15) is 0 Å². The highest BCUT2D eigenvalue weighted by Gasteiger charge is 2.39. The van der Waals surface area contributed by atoms with E-state index in [1.165, 1.54) is 12.0 Å². The molecule has 1 aliphatic rings. The molecule has 0 bridgehead atoms. The van der Waals surface area contributed by atoms with Crippen LogP contribution in [-0.2, 0) is 10.3 Å². The van der Waals surface area contributed by atoms with Gasteiger partial charge in [-0.25, -0.2) is 0 Å². The molecule has 3 heteroatoms. The minimum absolute atomic E-state index is 0.103. The Bertz CT molecular complexity index is 382. The summed E-state index contributed by atoms with van der Waals surface area (Å²) in [5.74, 6) is 0.110. The van der Waals surface area contributed by atoms with E-state index < -0.39 is 0 Å². The van der Waals surface area contributed by atoms with E-state index in [1.54, 1.807) is 0 Å². The summed E-state index contributed by atoms with van der Waals surface area (Å²) in [7, 11) is 3.82. The summed E-state index contributed by atoms with van der Waals surface area (Å²) in [6.07, 6.45) is 3.30. The van der Waals surface area contributed by atoms with Crippen LogP contribution in [0.4, 0.5) is 0 Å². The topological polar surface area (TPSA) is 32.3 Å². The summed E-state index contributed by atoms with van der Waals surface area (Å²) in [6.45, 7) is 0.453. The maximum atomic E-state index is 11.9. The molecular weight excluding hydrogens is 212 g/mol. The molecule has 1 amide bonds. The quantitative estimate of drug-likeness (QED) is 0.857. The van der Waals surface area contributed by atoms with Gasteiger partial charge in [-0.3, -0.25) is 4.79 Å². The van der Waals surface area contributed by atoms with E-state index >= 15 is 0 Å². The van der Waals surface area contributed by atoms with Gasteiger partial charge >= 0.3 is 0 Å². The van der Waals surface area contributed by atoms with Gasteiger partial charge in [-0.15, -0.1) is 0 Å². The summed E-state index contributed by atoms with van der Waals surface area (Å²) in [5.41, 5.74) is 1.13. The SMILES string of the molecule is CN(C)CC(=O)NC1(c2ccccc2)CCC1. The fraction of sp³-hybridized carbons (Fsp3) is 0.500. The molecule has 0 aliphatic heterocycles. The second kappa shape index (κ2) is 4.88. The van der Waals surface area contributed by atoms with Crippen molar-refractivity contribution in [2.24, 2.45) is 0 Å². The van der Waals surface area contributed by atoms with Crippen LogP contribution in [0.15, 0.2) is 30.3 Å². The lowest BCUT2D eigenvalue weighted by atomic mass is 9.72. The van der Waals surface area contributed by atoms with Crippen LogP contribution in [-0.4, -0.2) is 31.4 Å². The predicted molar refractivity (Wildman–Crippen MR) is 68.7 cm³/mol. The molecule has 17 heavy (non-hydrogen) atoms. The number of hydrogen-bond donors (Lipinski definition) is 1. The third kappa shape index (κ3) is 2.67. The van der Waals surface area contributed by atoms with Crippen LogP contribution in [0.5, 0.6) is 0 Å². The molecule has 0 radical (unpaired) electrons. The molecule has 0 heterocycles. The number of carbonyl (C=O) groups is 1. The van der Waals surface area contributed by atoms with Crippen molar-refractivity contribution in [1.82, 2.24) is 10.2 Å². The molecule has 1 fully saturated rings. The fourth-order valence-corrected chi connectivity index (χ4v) is 2.37. The first-order chi connectivity index (χ1) is 8.12. The molecule has 1 aromatic carbocycles. The maximum Gasteiger partial charge on any atom is 0.234 e. The van der Waals surface area contributed by atoms with Gasteiger partial charge in [0, 0.05) is 0 Å². The lowest BCUT2D eigenvalue weighted by Gasteiger charge is -2.43. The van der Waals surface area contributed by atoms with E-state index in [0.717, 1.165) is 12.8 Å². The van der Waals surface area contributed by atoms with Gasteiger partial charge in [0.05, 0.1) is 12.1 Å². The molecule has 3 nitrogen and oxygen atoms in total. The molecule has 0 spiro atoms. The predicted octanol–water partition coefficient (Wildman–Crippen LogP) is 1.74. The number of benzene rings is 1. The zero-order valence-electron chi connectivity index (χ0n) is 10.6. The monoisotopic (exact) mass is 232 g/mol.